The summed E-state index contributed by atoms with van der Waals surface area (Å²) in [5.74, 6) is 2.85. The van der Waals surface area contributed by atoms with Crippen molar-refractivity contribution in [3.63, 3.8) is 0 Å². The first-order chi connectivity index (χ1) is 12.5. The lowest BCUT2D eigenvalue weighted by atomic mass is 10.1. The van der Waals surface area contributed by atoms with Crippen molar-refractivity contribution in [2.24, 2.45) is 0 Å². The van der Waals surface area contributed by atoms with Gasteiger partial charge in [-0.15, -0.1) is 0 Å². The standard InChI is InChI=1S/C21H28N4O/c1-16-5-7-18(8-6-16)21-10-9-20(26-21)15-25(12-11-24(3)4)14-19-13-22-17(2)23-19/h5-10,13H,11-12,14-15H2,1-4H3,(H,22,23). The van der Waals surface area contributed by atoms with Gasteiger partial charge in [0.05, 0.1) is 6.54 Å². The molecule has 0 aliphatic heterocycles. The van der Waals surface area contributed by atoms with Gasteiger partial charge in [0.15, 0.2) is 0 Å². The molecule has 0 atom stereocenters. The van der Waals surface area contributed by atoms with Crippen LogP contribution >= 0.6 is 0 Å². The van der Waals surface area contributed by atoms with Gasteiger partial charge >= 0.3 is 0 Å². The van der Waals surface area contributed by atoms with Gasteiger partial charge in [-0.2, -0.15) is 0 Å². The van der Waals surface area contributed by atoms with E-state index in [1.807, 2.05) is 13.1 Å². The molecule has 138 valence electrons. The summed E-state index contributed by atoms with van der Waals surface area (Å²) < 4.78 is 6.11. The number of benzene rings is 1. The topological polar surface area (TPSA) is 48.3 Å². The molecule has 5 nitrogen and oxygen atoms in total. The number of aromatic nitrogens is 2. The molecular weight excluding hydrogens is 324 g/mol. The van der Waals surface area contributed by atoms with Crippen molar-refractivity contribution < 1.29 is 4.42 Å². The van der Waals surface area contributed by atoms with Crippen LogP contribution in [0.4, 0.5) is 0 Å². The van der Waals surface area contributed by atoms with E-state index >= 15 is 0 Å². The van der Waals surface area contributed by atoms with E-state index in [-0.39, 0.29) is 0 Å². The molecule has 0 aliphatic rings. The fourth-order valence-electron chi connectivity index (χ4n) is 2.90. The molecule has 0 bridgehead atoms. The second-order valence-electron chi connectivity index (χ2n) is 7.14. The fraction of sp³-hybridized carbons (Fsp3) is 0.381. The summed E-state index contributed by atoms with van der Waals surface area (Å²) in [5.41, 5.74) is 3.50. The fourth-order valence-corrected chi connectivity index (χ4v) is 2.90. The number of furan rings is 1. The second-order valence-corrected chi connectivity index (χ2v) is 7.14. The number of hydrogen-bond acceptors (Lipinski definition) is 4. The highest BCUT2D eigenvalue weighted by atomic mass is 16.3. The maximum absolute atomic E-state index is 6.11. The Bertz CT molecular complexity index is 817. The van der Waals surface area contributed by atoms with Gasteiger partial charge in [-0.05, 0) is 40.1 Å². The molecule has 0 saturated heterocycles. The Hall–Kier alpha value is -2.37. The Labute approximate surface area is 155 Å². The molecule has 0 radical (unpaired) electrons. The third kappa shape index (κ3) is 5.07. The molecule has 0 spiro atoms. The minimum atomic E-state index is 0.776. The summed E-state index contributed by atoms with van der Waals surface area (Å²) in [4.78, 5) is 12.2. The normalized spacial score (nSPS) is 11.6. The monoisotopic (exact) mass is 352 g/mol. The highest BCUT2D eigenvalue weighted by molar-refractivity contribution is 5.57. The lowest BCUT2D eigenvalue weighted by Gasteiger charge is -2.22. The maximum atomic E-state index is 6.11. The van der Waals surface area contributed by atoms with Crippen LogP contribution < -0.4 is 0 Å². The first-order valence-corrected chi connectivity index (χ1v) is 9.03. The average molecular weight is 352 g/mol. The molecular formula is C21H28N4O. The predicted molar refractivity (Wildman–Crippen MR) is 105 cm³/mol. The maximum Gasteiger partial charge on any atom is 0.134 e. The van der Waals surface area contributed by atoms with Crippen molar-refractivity contribution in [2.75, 3.05) is 27.2 Å². The van der Waals surface area contributed by atoms with Crippen LogP contribution in [0.1, 0.15) is 22.8 Å². The lowest BCUT2D eigenvalue weighted by molar-refractivity contribution is 0.209. The zero-order valence-electron chi connectivity index (χ0n) is 16.1. The van der Waals surface area contributed by atoms with Gasteiger partial charge in [-0.1, -0.05) is 29.8 Å². The van der Waals surface area contributed by atoms with E-state index in [0.717, 1.165) is 54.8 Å². The van der Waals surface area contributed by atoms with E-state index in [1.165, 1.54) is 5.56 Å². The van der Waals surface area contributed by atoms with Crippen LogP contribution in [0.25, 0.3) is 11.3 Å². The number of aromatic amines is 1. The number of nitrogens with zero attached hydrogens (tertiary/aromatic N) is 3. The summed E-state index contributed by atoms with van der Waals surface area (Å²) in [5, 5.41) is 0. The molecule has 1 N–H and O–H groups in total. The Morgan fingerprint density at radius 3 is 2.38 bits per heavy atom. The lowest BCUT2D eigenvalue weighted by Crippen LogP contribution is -2.31. The quantitative estimate of drug-likeness (QED) is 0.669. The number of imidazole rings is 1. The number of nitrogens with one attached hydrogen (secondary N) is 1. The van der Waals surface area contributed by atoms with Crippen molar-refractivity contribution >= 4 is 0 Å². The second kappa shape index (κ2) is 8.34. The molecule has 3 rings (SSSR count). The van der Waals surface area contributed by atoms with E-state index in [0.29, 0.717) is 0 Å². The predicted octanol–water partition coefficient (Wildman–Crippen LogP) is 3.85. The first kappa shape index (κ1) is 18.4. The van der Waals surface area contributed by atoms with E-state index in [9.17, 15) is 0 Å². The molecule has 26 heavy (non-hydrogen) atoms. The summed E-state index contributed by atoms with van der Waals surface area (Å²) in [6.45, 7) is 7.64. The molecule has 1 aromatic carbocycles. The summed E-state index contributed by atoms with van der Waals surface area (Å²) in [7, 11) is 4.20. The number of likely N-dealkylation sites (N-methyl/N-ethyl adjacent to an activating group) is 1. The minimum Gasteiger partial charge on any atom is -0.460 e. The van der Waals surface area contributed by atoms with Crippen LogP contribution in [0.3, 0.4) is 0 Å². The van der Waals surface area contributed by atoms with Gasteiger partial charge < -0.3 is 14.3 Å². The molecule has 0 fully saturated rings. The van der Waals surface area contributed by atoms with Crippen LogP contribution in [0.2, 0.25) is 0 Å². The van der Waals surface area contributed by atoms with Crippen molar-refractivity contribution in [1.29, 1.82) is 0 Å². The molecule has 0 aliphatic carbocycles. The number of aryl methyl sites for hydroxylation is 2. The van der Waals surface area contributed by atoms with E-state index in [2.05, 4.69) is 77.2 Å². The van der Waals surface area contributed by atoms with Gasteiger partial charge in [0, 0.05) is 37.1 Å². The zero-order chi connectivity index (χ0) is 18.5. The highest BCUT2D eigenvalue weighted by Gasteiger charge is 2.12. The van der Waals surface area contributed by atoms with E-state index in [1.54, 1.807) is 0 Å². The minimum absolute atomic E-state index is 0.776. The average Bonchev–Trinajstić information content (AvgIpc) is 3.22. The summed E-state index contributed by atoms with van der Waals surface area (Å²) >= 11 is 0. The molecule has 0 saturated carbocycles. The highest BCUT2D eigenvalue weighted by Crippen LogP contribution is 2.23. The zero-order valence-corrected chi connectivity index (χ0v) is 16.1. The molecule has 3 aromatic rings. The summed E-state index contributed by atoms with van der Waals surface area (Å²) in [6, 6.07) is 12.6. The Kier molecular flexibility index (Phi) is 5.91. The van der Waals surface area contributed by atoms with Gasteiger partial charge in [0.25, 0.3) is 0 Å². The third-order valence-electron chi connectivity index (χ3n) is 4.39. The van der Waals surface area contributed by atoms with Gasteiger partial charge in [0.2, 0.25) is 0 Å². The Morgan fingerprint density at radius 2 is 1.73 bits per heavy atom. The van der Waals surface area contributed by atoms with E-state index < -0.39 is 0 Å². The largest absolute Gasteiger partial charge is 0.460 e. The number of H-pyrrole nitrogens is 1. The number of hydrogen-bond donors (Lipinski definition) is 1. The van der Waals surface area contributed by atoms with Crippen molar-refractivity contribution in [1.82, 2.24) is 19.8 Å². The van der Waals surface area contributed by atoms with Crippen molar-refractivity contribution in [2.45, 2.75) is 26.9 Å². The first-order valence-electron chi connectivity index (χ1n) is 9.03. The molecule has 5 heteroatoms. The van der Waals surface area contributed by atoms with E-state index in [4.69, 9.17) is 4.42 Å². The molecule has 0 amide bonds. The van der Waals surface area contributed by atoms with Crippen LogP contribution in [0.15, 0.2) is 47.0 Å². The van der Waals surface area contributed by atoms with Crippen LogP contribution in [-0.2, 0) is 13.1 Å². The molecule has 0 unspecified atom stereocenters. The smallest absolute Gasteiger partial charge is 0.134 e. The Balaban J connectivity index is 1.70. The van der Waals surface area contributed by atoms with Gasteiger partial charge in [-0.25, -0.2) is 4.98 Å². The van der Waals surface area contributed by atoms with Gasteiger partial charge in [0.1, 0.15) is 17.3 Å². The van der Waals surface area contributed by atoms with Crippen molar-refractivity contribution in [3.8, 4) is 11.3 Å². The molecule has 2 aromatic heterocycles. The Morgan fingerprint density at radius 1 is 0.962 bits per heavy atom. The summed E-state index contributed by atoms with van der Waals surface area (Å²) in [6.07, 6.45) is 1.91. The number of rotatable bonds is 8. The van der Waals surface area contributed by atoms with Crippen LogP contribution in [0, 0.1) is 13.8 Å². The van der Waals surface area contributed by atoms with Gasteiger partial charge in [-0.3, -0.25) is 4.90 Å². The van der Waals surface area contributed by atoms with Crippen molar-refractivity contribution in [3.05, 3.63) is 65.4 Å². The van der Waals surface area contributed by atoms with Crippen LogP contribution in [0.5, 0.6) is 0 Å². The van der Waals surface area contributed by atoms with Crippen LogP contribution in [-0.4, -0.2) is 47.0 Å². The SMILES string of the molecule is Cc1ccc(-c2ccc(CN(CCN(C)C)Cc3cnc(C)[nH]3)o2)cc1. The molecule has 2 heterocycles. The third-order valence-corrected chi connectivity index (χ3v) is 4.39.